The molecule has 1 unspecified atom stereocenters. The molecule has 2 aromatic carbocycles. The van der Waals surface area contributed by atoms with E-state index >= 15 is 0 Å². The van der Waals surface area contributed by atoms with Gasteiger partial charge in [0.25, 0.3) is 0 Å². The predicted octanol–water partition coefficient (Wildman–Crippen LogP) is 3.82. The average molecular weight is 497 g/mol. The Labute approximate surface area is 198 Å². The van der Waals surface area contributed by atoms with E-state index in [9.17, 15) is 27.9 Å². The largest absolute Gasteiger partial charge is 0.416 e. The van der Waals surface area contributed by atoms with Gasteiger partial charge in [0, 0.05) is 10.6 Å². The van der Waals surface area contributed by atoms with Crippen molar-refractivity contribution in [2.75, 3.05) is 0 Å². The van der Waals surface area contributed by atoms with E-state index in [1.54, 1.807) is 38.1 Å². The number of benzene rings is 2. The number of aromatic nitrogens is 3. The number of carbonyl (C=O) groups excluding carboxylic acids is 1. The number of hydrogen-bond donors (Lipinski definition) is 2. The summed E-state index contributed by atoms with van der Waals surface area (Å²) in [7, 11) is 0. The van der Waals surface area contributed by atoms with Gasteiger partial charge in [0.05, 0.1) is 23.8 Å². The van der Waals surface area contributed by atoms with Crippen LogP contribution in [0.3, 0.4) is 0 Å². The van der Waals surface area contributed by atoms with Gasteiger partial charge in [0.2, 0.25) is 5.91 Å². The van der Waals surface area contributed by atoms with E-state index in [1.165, 1.54) is 23.6 Å². The molecule has 1 heterocycles. The Morgan fingerprint density at radius 2 is 1.76 bits per heavy atom. The number of nitrogens with one attached hydrogen (secondary N) is 1. The van der Waals surface area contributed by atoms with Crippen LogP contribution in [0, 0.1) is 0 Å². The van der Waals surface area contributed by atoms with Crippen LogP contribution in [0.1, 0.15) is 31.9 Å². The topological polar surface area (TPSA) is 89.2 Å². The van der Waals surface area contributed by atoms with Gasteiger partial charge in [-0.15, -0.1) is 5.10 Å². The van der Waals surface area contributed by atoms with Gasteiger partial charge in [0.1, 0.15) is 6.54 Å². The van der Waals surface area contributed by atoms with Crippen LogP contribution < -0.4 is 11.0 Å². The smallest absolute Gasteiger partial charge is 0.392 e. The number of hydrogen-bond acceptors (Lipinski definition) is 4. The molecule has 1 aromatic heterocycles. The van der Waals surface area contributed by atoms with Gasteiger partial charge in [-0.3, -0.25) is 9.36 Å². The van der Waals surface area contributed by atoms with Crippen molar-refractivity contribution in [3.63, 3.8) is 0 Å². The lowest BCUT2D eigenvalue weighted by atomic mass is 9.92. The zero-order chi connectivity index (χ0) is 25.3. The number of aliphatic hydroxyl groups is 1. The first-order chi connectivity index (χ1) is 15.8. The molecule has 1 amide bonds. The molecule has 0 fully saturated rings. The zero-order valence-corrected chi connectivity index (χ0v) is 19.5. The summed E-state index contributed by atoms with van der Waals surface area (Å²) in [6.07, 6.45) is -5.37. The molecule has 2 N–H and O–H groups in total. The third-order valence-corrected chi connectivity index (χ3v) is 5.38. The Bertz CT molecular complexity index is 1230. The fourth-order valence-corrected chi connectivity index (χ4v) is 3.59. The van der Waals surface area contributed by atoms with Crippen molar-refractivity contribution >= 4 is 17.5 Å². The molecule has 34 heavy (non-hydrogen) atoms. The molecule has 0 aliphatic carbocycles. The first-order valence-corrected chi connectivity index (χ1v) is 10.8. The van der Waals surface area contributed by atoms with Gasteiger partial charge in [-0.25, -0.2) is 9.48 Å². The van der Waals surface area contributed by atoms with Gasteiger partial charge in [0.15, 0.2) is 5.82 Å². The van der Waals surface area contributed by atoms with Crippen molar-refractivity contribution in [2.45, 2.75) is 51.7 Å². The van der Waals surface area contributed by atoms with E-state index in [0.29, 0.717) is 10.6 Å². The molecule has 7 nitrogen and oxygen atoms in total. The SMILES string of the molecule is CC(O)Cn1c(-c2ccc(Cl)cc2)nn(CC(=O)NC(C)(C)c2cccc(C(F)(F)F)c2)c1=O. The average Bonchev–Trinajstić information content (AvgIpc) is 3.02. The Hall–Kier alpha value is -3.11. The second kappa shape index (κ2) is 9.63. The van der Waals surface area contributed by atoms with Crippen molar-refractivity contribution in [2.24, 2.45) is 0 Å². The van der Waals surface area contributed by atoms with E-state index in [0.717, 1.165) is 16.8 Å². The summed E-state index contributed by atoms with van der Waals surface area (Å²) >= 11 is 5.93. The van der Waals surface area contributed by atoms with E-state index in [4.69, 9.17) is 11.6 Å². The van der Waals surface area contributed by atoms with Crippen molar-refractivity contribution in [1.82, 2.24) is 19.7 Å². The number of nitrogens with zero attached hydrogens (tertiary/aromatic N) is 3. The van der Waals surface area contributed by atoms with Gasteiger partial charge in [-0.05, 0) is 62.7 Å². The Morgan fingerprint density at radius 1 is 1.15 bits per heavy atom. The molecule has 3 rings (SSSR count). The summed E-state index contributed by atoms with van der Waals surface area (Å²) in [5.74, 6) is -0.374. The van der Waals surface area contributed by atoms with Gasteiger partial charge < -0.3 is 10.4 Å². The molecule has 0 saturated heterocycles. The Kier molecular flexibility index (Phi) is 7.23. The highest BCUT2D eigenvalue weighted by molar-refractivity contribution is 6.30. The second-order valence-corrected chi connectivity index (χ2v) is 8.92. The normalized spacial score (nSPS) is 13.1. The van der Waals surface area contributed by atoms with Gasteiger partial charge in [-0.1, -0.05) is 23.7 Å². The van der Waals surface area contributed by atoms with Crippen LogP contribution in [-0.2, 0) is 29.6 Å². The minimum absolute atomic E-state index is 0.0475. The third-order valence-electron chi connectivity index (χ3n) is 5.13. The molecule has 1 atom stereocenters. The number of halogens is 4. The lowest BCUT2D eigenvalue weighted by molar-refractivity contribution is -0.137. The first kappa shape index (κ1) is 25.5. The van der Waals surface area contributed by atoms with Crippen LogP contribution in [0.5, 0.6) is 0 Å². The molecule has 0 saturated carbocycles. The standard InChI is InChI=1S/C23H24ClF3N4O3/c1-14(32)12-30-20(15-7-9-18(24)10-8-15)29-31(21(30)34)13-19(33)28-22(2,3)16-5-4-6-17(11-16)23(25,26)27/h4-11,14,32H,12-13H2,1-3H3,(H,28,33). The maximum absolute atomic E-state index is 13.1. The van der Waals surface area contributed by atoms with Crippen LogP contribution in [-0.4, -0.2) is 31.5 Å². The second-order valence-electron chi connectivity index (χ2n) is 8.48. The first-order valence-electron chi connectivity index (χ1n) is 10.4. The molecule has 0 spiro atoms. The van der Waals surface area contributed by atoms with Crippen molar-refractivity contribution in [1.29, 1.82) is 0 Å². The van der Waals surface area contributed by atoms with Crippen LogP contribution in [0.25, 0.3) is 11.4 Å². The van der Waals surface area contributed by atoms with E-state index in [-0.39, 0.29) is 17.9 Å². The summed E-state index contributed by atoms with van der Waals surface area (Å²) in [5.41, 5.74) is -1.77. The highest BCUT2D eigenvalue weighted by atomic mass is 35.5. The fraction of sp³-hybridized carbons (Fsp3) is 0.348. The lowest BCUT2D eigenvalue weighted by Gasteiger charge is -2.27. The number of alkyl halides is 3. The monoisotopic (exact) mass is 496 g/mol. The minimum Gasteiger partial charge on any atom is -0.392 e. The highest BCUT2D eigenvalue weighted by Gasteiger charge is 2.32. The summed E-state index contributed by atoms with van der Waals surface area (Å²) in [4.78, 5) is 25.7. The third kappa shape index (κ3) is 5.87. The molecule has 3 aromatic rings. The summed E-state index contributed by atoms with van der Waals surface area (Å²) in [5, 5.41) is 17.2. The summed E-state index contributed by atoms with van der Waals surface area (Å²) < 4.78 is 41.4. The van der Waals surface area contributed by atoms with Crippen LogP contribution >= 0.6 is 11.6 Å². The molecule has 0 radical (unpaired) electrons. The lowest BCUT2D eigenvalue weighted by Crippen LogP contribution is -2.44. The van der Waals surface area contributed by atoms with Crippen LogP contribution in [0.15, 0.2) is 53.3 Å². The van der Waals surface area contributed by atoms with Crippen molar-refractivity contribution in [3.05, 3.63) is 75.2 Å². The molecule has 11 heteroatoms. The maximum atomic E-state index is 13.1. The molecule has 182 valence electrons. The number of aliphatic hydroxyl groups excluding tert-OH is 1. The van der Waals surface area contributed by atoms with E-state index in [1.807, 2.05) is 0 Å². The van der Waals surface area contributed by atoms with Crippen LogP contribution in [0.2, 0.25) is 5.02 Å². The Balaban J connectivity index is 1.87. The van der Waals surface area contributed by atoms with Gasteiger partial charge >= 0.3 is 11.9 Å². The minimum atomic E-state index is -4.52. The van der Waals surface area contributed by atoms with Crippen molar-refractivity contribution < 1.29 is 23.1 Å². The number of amides is 1. The molecule has 0 bridgehead atoms. The van der Waals surface area contributed by atoms with Crippen LogP contribution in [0.4, 0.5) is 13.2 Å². The molecule has 0 aliphatic heterocycles. The van der Waals surface area contributed by atoms with Crippen molar-refractivity contribution in [3.8, 4) is 11.4 Å². The molecular weight excluding hydrogens is 473 g/mol. The summed E-state index contributed by atoms with van der Waals surface area (Å²) in [6.45, 7) is 4.13. The van der Waals surface area contributed by atoms with E-state index < -0.39 is 41.5 Å². The number of carbonyl (C=O) groups is 1. The predicted molar refractivity (Wildman–Crippen MR) is 121 cm³/mol. The maximum Gasteiger partial charge on any atom is 0.416 e. The van der Waals surface area contributed by atoms with E-state index in [2.05, 4.69) is 10.4 Å². The quantitative estimate of drug-likeness (QED) is 0.520. The fourth-order valence-electron chi connectivity index (χ4n) is 3.47. The highest BCUT2D eigenvalue weighted by Crippen LogP contribution is 2.32. The molecular formula is C23H24ClF3N4O3. The molecule has 0 aliphatic rings. The Morgan fingerprint density at radius 3 is 2.35 bits per heavy atom. The zero-order valence-electron chi connectivity index (χ0n) is 18.7. The van der Waals surface area contributed by atoms with Gasteiger partial charge in [-0.2, -0.15) is 13.2 Å². The summed E-state index contributed by atoms with van der Waals surface area (Å²) in [6, 6.07) is 11.2. The number of rotatable bonds is 7.